The van der Waals surface area contributed by atoms with Gasteiger partial charge in [0, 0.05) is 18.9 Å². The van der Waals surface area contributed by atoms with Crippen LogP contribution in [-0.2, 0) is 16.2 Å². The molecule has 1 aliphatic carbocycles. The van der Waals surface area contributed by atoms with E-state index in [1.165, 1.54) is 24.3 Å². The molecule has 0 radical (unpaired) electrons. The third-order valence-corrected chi connectivity index (χ3v) is 5.36. The van der Waals surface area contributed by atoms with E-state index >= 15 is 0 Å². The van der Waals surface area contributed by atoms with Gasteiger partial charge in [0.25, 0.3) is 0 Å². The lowest BCUT2D eigenvalue weighted by Gasteiger charge is -2.32. The zero-order chi connectivity index (χ0) is 19.5. The molecule has 0 N–H and O–H groups in total. The predicted octanol–water partition coefficient (Wildman–Crippen LogP) is 4.29. The first-order valence-electron chi connectivity index (χ1n) is 9.60. The van der Waals surface area contributed by atoms with Crippen LogP contribution in [0.3, 0.4) is 0 Å². The topological polar surface area (TPSA) is 41.9 Å². The summed E-state index contributed by atoms with van der Waals surface area (Å²) in [6.45, 7) is 0.735. The van der Waals surface area contributed by atoms with Gasteiger partial charge in [-0.25, -0.2) is 8.78 Å². The van der Waals surface area contributed by atoms with E-state index in [4.69, 9.17) is 4.84 Å². The summed E-state index contributed by atoms with van der Waals surface area (Å²) in [7, 11) is 0. The normalized spacial score (nSPS) is 18.9. The molecule has 2 aromatic carbocycles. The third kappa shape index (κ3) is 4.21. The lowest BCUT2D eigenvalue weighted by molar-refractivity contribution is -0.140. The number of nitrogens with zero attached hydrogens (tertiary/aromatic N) is 2. The van der Waals surface area contributed by atoms with E-state index < -0.39 is 0 Å². The zero-order valence-corrected chi connectivity index (χ0v) is 15.5. The molecule has 1 saturated carbocycles. The van der Waals surface area contributed by atoms with Crippen molar-refractivity contribution in [3.8, 4) is 0 Å². The number of benzene rings is 2. The first kappa shape index (κ1) is 18.6. The molecule has 1 atom stereocenters. The molecule has 6 heteroatoms. The van der Waals surface area contributed by atoms with Gasteiger partial charge in [0.15, 0.2) is 6.10 Å². The molecule has 0 bridgehead atoms. The number of rotatable bonds is 6. The minimum Gasteiger partial charge on any atom is -0.390 e. The summed E-state index contributed by atoms with van der Waals surface area (Å²) in [5.74, 6) is -0.471. The Hall–Kier alpha value is -2.76. The largest absolute Gasteiger partial charge is 0.390 e. The van der Waals surface area contributed by atoms with Crippen LogP contribution in [0.15, 0.2) is 53.7 Å². The number of hydrogen-bond donors (Lipinski definition) is 0. The van der Waals surface area contributed by atoms with Gasteiger partial charge in [0.1, 0.15) is 11.6 Å². The molecular formula is C22H22F2N2O2. The molecule has 2 aliphatic rings. The quantitative estimate of drug-likeness (QED) is 0.746. The minimum absolute atomic E-state index is 0.0486. The molecule has 0 saturated heterocycles. The van der Waals surface area contributed by atoms with Crippen molar-refractivity contribution < 1.29 is 18.4 Å². The van der Waals surface area contributed by atoms with Crippen molar-refractivity contribution in [1.82, 2.24) is 4.90 Å². The second-order valence-corrected chi connectivity index (χ2v) is 7.45. The van der Waals surface area contributed by atoms with E-state index in [9.17, 15) is 13.6 Å². The Morgan fingerprint density at radius 3 is 2.57 bits per heavy atom. The first-order valence-corrected chi connectivity index (χ1v) is 9.60. The molecule has 2 aromatic rings. The lowest BCUT2D eigenvalue weighted by Crippen LogP contribution is -2.42. The molecule has 1 aliphatic heterocycles. The van der Waals surface area contributed by atoms with Gasteiger partial charge in [-0.15, -0.1) is 0 Å². The van der Waals surface area contributed by atoms with Crippen molar-refractivity contribution in [3.05, 3.63) is 71.3 Å². The average Bonchev–Trinajstić information content (AvgIpc) is 3.09. The Morgan fingerprint density at radius 1 is 1.11 bits per heavy atom. The predicted molar refractivity (Wildman–Crippen MR) is 102 cm³/mol. The summed E-state index contributed by atoms with van der Waals surface area (Å²) in [5.41, 5.74) is 2.31. The smallest absolute Gasteiger partial charge is 0.226 e. The van der Waals surface area contributed by atoms with Crippen molar-refractivity contribution in [1.29, 1.82) is 0 Å². The van der Waals surface area contributed by atoms with Crippen LogP contribution in [0.5, 0.6) is 0 Å². The molecule has 0 aromatic heterocycles. The molecule has 4 nitrogen and oxygen atoms in total. The highest BCUT2D eigenvalue weighted by Gasteiger charge is 2.33. The zero-order valence-electron chi connectivity index (χ0n) is 15.5. The van der Waals surface area contributed by atoms with Crippen molar-refractivity contribution in [2.24, 2.45) is 11.1 Å². The van der Waals surface area contributed by atoms with Crippen molar-refractivity contribution in [2.75, 3.05) is 6.54 Å². The van der Waals surface area contributed by atoms with E-state index in [0.29, 0.717) is 19.5 Å². The highest BCUT2D eigenvalue weighted by molar-refractivity contribution is 6.01. The third-order valence-electron chi connectivity index (χ3n) is 5.36. The fraction of sp³-hybridized carbons (Fsp3) is 0.364. The highest BCUT2D eigenvalue weighted by Crippen LogP contribution is 2.29. The summed E-state index contributed by atoms with van der Waals surface area (Å²) in [6.07, 6.45) is 3.16. The van der Waals surface area contributed by atoms with Gasteiger partial charge >= 0.3 is 0 Å². The molecule has 1 amide bonds. The maximum Gasteiger partial charge on any atom is 0.226 e. The molecular weight excluding hydrogens is 362 g/mol. The fourth-order valence-electron chi connectivity index (χ4n) is 3.59. The van der Waals surface area contributed by atoms with Gasteiger partial charge in [-0.3, -0.25) is 4.79 Å². The Bertz CT molecular complexity index is 878. The molecule has 4 rings (SSSR count). The molecule has 28 heavy (non-hydrogen) atoms. The first-order chi connectivity index (χ1) is 13.6. The SMILES string of the molecule is O=C(C1CCC1)N(Cc1cccc(F)c1)C[C@H]1CC(c2ccc(F)cc2)=NO1. The summed E-state index contributed by atoms with van der Waals surface area (Å²) >= 11 is 0. The fourth-order valence-corrected chi connectivity index (χ4v) is 3.59. The van der Waals surface area contributed by atoms with Gasteiger partial charge in [-0.05, 0) is 48.2 Å². The van der Waals surface area contributed by atoms with Gasteiger partial charge < -0.3 is 9.74 Å². The van der Waals surface area contributed by atoms with Crippen LogP contribution in [0.1, 0.15) is 36.8 Å². The van der Waals surface area contributed by atoms with Crippen molar-refractivity contribution >= 4 is 11.6 Å². The maximum absolute atomic E-state index is 13.6. The van der Waals surface area contributed by atoms with Crippen LogP contribution in [-0.4, -0.2) is 29.2 Å². The average molecular weight is 384 g/mol. The van der Waals surface area contributed by atoms with Gasteiger partial charge in [-0.2, -0.15) is 0 Å². The second kappa shape index (κ2) is 8.09. The van der Waals surface area contributed by atoms with E-state index in [-0.39, 0.29) is 29.6 Å². The van der Waals surface area contributed by atoms with Crippen LogP contribution in [0.25, 0.3) is 0 Å². The Kier molecular flexibility index (Phi) is 5.37. The van der Waals surface area contributed by atoms with Gasteiger partial charge in [0.05, 0.1) is 12.3 Å². The number of oxime groups is 1. The van der Waals surface area contributed by atoms with Gasteiger partial charge in [-0.1, -0.05) is 35.8 Å². The standard InChI is InChI=1S/C22H22F2N2O2/c23-18-9-7-16(8-10-18)21-12-20(28-25-21)14-26(22(27)17-4-2-5-17)13-15-3-1-6-19(24)11-15/h1,3,6-11,17,20H,2,4-5,12-14H2/t20-/m1/s1. The molecule has 0 spiro atoms. The van der Waals surface area contributed by atoms with Gasteiger partial charge in [0.2, 0.25) is 5.91 Å². The summed E-state index contributed by atoms with van der Waals surface area (Å²) in [6, 6.07) is 12.4. The van der Waals surface area contributed by atoms with Crippen LogP contribution >= 0.6 is 0 Å². The minimum atomic E-state index is -0.312. The number of carbonyl (C=O) groups excluding carboxylic acids is 1. The second-order valence-electron chi connectivity index (χ2n) is 7.45. The van der Waals surface area contributed by atoms with Crippen molar-refractivity contribution in [2.45, 2.75) is 38.3 Å². The van der Waals surface area contributed by atoms with Crippen LogP contribution in [0, 0.1) is 17.6 Å². The molecule has 1 fully saturated rings. The molecule has 1 heterocycles. The molecule has 0 unspecified atom stereocenters. The highest BCUT2D eigenvalue weighted by atomic mass is 19.1. The lowest BCUT2D eigenvalue weighted by atomic mass is 9.84. The van der Waals surface area contributed by atoms with Crippen LogP contribution < -0.4 is 0 Å². The van der Waals surface area contributed by atoms with Crippen molar-refractivity contribution in [3.63, 3.8) is 0 Å². The molecule has 146 valence electrons. The number of amides is 1. The summed E-state index contributed by atoms with van der Waals surface area (Å²) < 4.78 is 26.7. The maximum atomic E-state index is 13.6. The monoisotopic (exact) mass is 384 g/mol. The Labute approximate surface area is 162 Å². The Morgan fingerprint density at radius 2 is 1.89 bits per heavy atom. The summed E-state index contributed by atoms with van der Waals surface area (Å²) in [4.78, 5) is 20.2. The van der Waals surface area contributed by atoms with E-state index in [1.54, 1.807) is 23.1 Å². The number of carbonyl (C=O) groups is 1. The van der Waals surface area contributed by atoms with E-state index in [1.807, 2.05) is 6.07 Å². The van der Waals surface area contributed by atoms with Crippen LogP contribution in [0.2, 0.25) is 0 Å². The number of hydrogen-bond acceptors (Lipinski definition) is 3. The summed E-state index contributed by atoms with van der Waals surface area (Å²) in [5, 5.41) is 4.13. The van der Waals surface area contributed by atoms with E-state index in [2.05, 4.69) is 5.16 Å². The van der Waals surface area contributed by atoms with Crippen LogP contribution in [0.4, 0.5) is 8.78 Å². The Balaban J connectivity index is 1.43. The van der Waals surface area contributed by atoms with E-state index in [0.717, 1.165) is 36.1 Å². The number of halogens is 2.